The van der Waals surface area contributed by atoms with Crippen molar-refractivity contribution in [3.05, 3.63) is 0 Å². The first-order chi connectivity index (χ1) is 4.30. The third-order valence-electron chi connectivity index (χ3n) is 2.56. The molecule has 2 heterocycles. The van der Waals surface area contributed by atoms with Crippen LogP contribution < -0.4 is 0 Å². The molecule has 1 saturated carbocycles. The first-order valence-electron chi connectivity index (χ1n) is 3.48. The van der Waals surface area contributed by atoms with Crippen molar-refractivity contribution >= 4 is 17.3 Å². The van der Waals surface area contributed by atoms with E-state index in [1.54, 1.807) is 0 Å². The van der Waals surface area contributed by atoms with Crippen molar-refractivity contribution in [3.63, 3.8) is 0 Å². The summed E-state index contributed by atoms with van der Waals surface area (Å²) in [6.07, 6.45) is 0. The predicted molar refractivity (Wildman–Crippen MR) is 42.0 cm³/mol. The molecule has 0 spiro atoms. The van der Waals surface area contributed by atoms with E-state index in [9.17, 15) is 0 Å². The largest absolute Gasteiger partial charge is 0.282 e. The minimum Gasteiger partial charge on any atom is -0.282 e. The van der Waals surface area contributed by atoms with Gasteiger partial charge in [0.15, 0.2) is 0 Å². The molecule has 1 fully saturated rings. The van der Waals surface area contributed by atoms with E-state index < -0.39 is 0 Å². The van der Waals surface area contributed by atoms with Crippen LogP contribution in [0, 0.1) is 11.8 Å². The molecule has 0 N–H and O–H groups in total. The van der Waals surface area contributed by atoms with Crippen LogP contribution in [0.5, 0.6) is 0 Å². The Morgan fingerprint density at radius 3 is 2.22 bits per heavy atom. The summed E-state index contributed by atoms with van der Waals surface area (Å²) in [5, 5.41) is 0.882. The zero-order chi connectivity index (χ0) is 6.43. The van der Waals surface area contributed by atoms with Crippen molar-refractivity contribution in [2.75, 3.05) is 0 Å². The highest BCUT2D eigenvalue weighted by atomic mass is 32.2. The highest BCUT2D eigenvalue weighted by Gasteiger charge is 2.46. The molecule has 2 atom stereocenters. The van der Waals surface area contributed by atoms with E-state index in [2.05, 4.69) is 18.8 Å². The Hall–Kier alpha value is 0.0200. The molecule has 2 heteroatoms. The molecule has 2 aliphatic heterocycles. The van der Waals surface area contributed by atoms with Crippen LogP contribution in [0.4, 0.5) is 0 Å². The molecule has 0 radical (unpaired) electrons. The second kappa shape index (κ2) is 1.75. The summed E-state index contributed by atoms with van der Waals surface area (Å²) < 4.78 is 0. The van der Waals surface area contributed by atoms with Crippen LogP contribution >= 0.6 is 11.8 Å². The summed E-state index contributed by atoms with van der Waals surface area (Å²) in [5.41, 5.74) is 2.02. The summed E-state index contributed by atoms with van der Waals surface area (Å²) >= 11 is 1.91. The molecule has 50 valence electrons. The van der Waals surface area contributed by atoms with Gasteiger partial charge in [-0.1, -0.05) is 13.8 Å². The van der Waals surface area contributed by atoms with Crippen LogP contribution in [0.15, 0.2) is 4.99 Å². The lowest BCUT2D eigenvalue weighted by molar-refractivity contribution is 0.194. The molecule has 0 aromatic carbocycles. The van der Waals surface area contributed by atoms with Gasteiger partial charge in [0.25, 0.3) is 0 Å². The highest BCUT2D eigenvalue weighted by Crippen LogP contribution is 2.46. The topological polar surface area (TPSA) is 12.4 Å². The van der Waals surface area contributed by atoms with Gasteiger partial charge in [-0.15, -0.1) is 11.8 Å². The van der Waals surface area contributed by atoms with E-state index in [1.165, 1.54) is 0 Å². The molecule has 9 heavy (non-hydrogen) atoms. The van der Waals surface area contributed by atoms with Crippen LogP contribution in [-0.2, 0) is 0 Å². The van der Waals surface area contributed by atoms with Gasteiger partial charge >= 0.3 is 0 Å². The minimum absolute atomic E-state index is 0.663. The van der Waals surface area contributed by atoms with Crippen LogP contribution in [0.3, 0.4) is 0 Å². The molecule has 1 nitrogen and oxygen atoms in total. The maximum Gasteiger partial charge on any atom is 0.0578 e. The quantitative estimate of drug-likeness (QED) is 0.501. The molecule has 0 aromatic heterocycles. The average molecular weight is 141 g/mol. The number of nitrogens with zero attached hydrogens (tertiary/aromatic N) is 1. The van der Waals surface area contributed by atoms with Crippen molar-refractivity contribution in [1.82, 2.24) is 0 Å². The van der Waals surface area contributed by atoms with Gasteiger partial charge in [0.2, 0.25) is 0 Å². The normalized spacial score (nSPS) is 54.9. The predicted octanol–water partition coefficient (Wildman–Crippen LogP) is 1.78. The molecule has 1 aliphatic carbocycles. The van der Waals surface area contributed by atoms with Gasteiger partial charge in [0.05, 0.1) is 11.6 Å². The lowest BCUT2D eigenvalue weighted by Crippen LogP contribution is -2.51. The van der Waals surface area contributed by atoms with Crippen LogP contribution in [0.25, 0.3) is 0 Å². The highest BCUT2D eigenvalue weighted by molar-refractivity contribution is 8.12. The average Bonchev–Trinajstić information content (AvgIpc) is 1.91. The molecule has 3 aliphatic rings. The lowest BCUT2D eigenvalue weighted by atomic mass is 9.71. The first kappa shape index (κ1) is 5.78. The van der Waals surface area contributed by atoms with E-state index in [-0.39, 0.29) is 0 Å². The van der Waals surface area contributed by atoms with Gasteiger partial charge in [-0.25, -0.2) is 0 Å². The van der Waals surface area contributed by atoms with Crippen molar-refractivity contribution in [2.45, 2.75) is 25.1 Å². The number of hydrogen-bond acceptors (Lipinski definition) is 2. The molecule has 0 aromatic rings. The number of hydrogen-bond donors (Lipinski definition) is 0. The number of rotatable bonds is 0. The van der Waals surface area contributed by atoms with Gasteiger partial charge in [0, 0.05) is 5.25 Å². The Balaban J connectivity index is 2.21. The Kier molecular flexibility index (Phi) is 1.12. The van der Waals surface area contributed by atoms with Crippen molar-refractivity contribution in [2.24, 2.45) is 16.8 Å². The van der Waals surface area contributed by atoms with Gasteiger partial charge in [0.1, 0.15) is 0 Å². The smallest absolute Gasteiger partial charge is 0.0578 e. The standard InChI is InChI=1S/C7H11NS/c1-4-6-5(2)7(4)9-3-8-6/h3-7H,1-2H3. The Labute approximate surface area is 59.9 Å². The van der Waals surface area contributed by atoms with Crippen LogP contribution in [0.2, 0.25) is 0 Å². The number of thioether (sulfide) groups is 1. The van der Waals surface area contributed by atoms with E-state index in [0.29, 0.717) is 6.04 Å². The maximum atomic E-state index is 4.40. The third-order valence-corrected chi connectivity index (χ3v) is 3.98. The molecule has 3 rings (SSSR count). The van der Waals surface area contributed by atoms with Crippen molar-refractivity contribution in [1.29, 1.82) is 0 Å². The summed E-state index contributed by atoms with van der Waals surface area (Å²) in [7, 11) is 0. The molecular weight excluding hydrogens is 130 g/mol. The SMILES string of the molecule is CC1C2N=CSC1C2C. The molecule has 0 amide bonds. The minimum atomic E-state index is 0.663. The zero-order valence-electron chi connectivity index (χ0n) is 5.74. The molecule has 0 saturated heterocycles. The fourth-order valence-corrected chi connectivity index (χ4v) is 3.06. The maximum absolute atomic E-state index is 4.40. The summed E-state index contributed by atoms with van der Waals surface area (Å²) in [4.78, 5) is 4.40. The fraction of sp³-hybridized carbons (Fsp3) is 0.857. The second-order valence-corrected chi connectivity index (χ2v) is 4.09. The van der Waals surface area contributed by atoms with Gasteiger partial charge in [-0.05, 0) is 11.8 Å². The molecule has 2 unspecified atom stereocenters. The van der Waals surface area contributed by atoms with Crippen LogP contribution in [0.1, 0.15) is 13.8 Å². The Bertz CT molecular complexity index is 145. The summed E-state index contributed by atoms with van der Waals surface area (Å²) in [6, 6.07) is 0.663. The zero-order valence-corrected chi connectivity index (χ0v) is 6.56. The Morgan fingerprint density at radius 2 is 2.00 bits per heavy atom. The van der Waals surface area contributed by atoms with Gasteiger partial charge < -0.3 is 0 Å². The van der Waals surface area contributed by atoms with E-state index in [4.69, 9.17) is 0 Å². The first-order valence-corrected chi connectivity index (χ1v) is 4.42. The van der Waals surface area contributed by atoms with Crippen molar-refractivity contribution < 1.29 is 0 Å². The van der Waals surface area contributed by atoms with E-state index >= 15 is 0 Å². The van der Waals surface area contributed by atoms with Gasteiger partial charge in [-0.3, -0.25) is 4.99 Å². The second-order valence-electron chi connectivity index (χ2n) is 3.06. The number of aliphatic imine (C=N–C) groups is 1. The van der Waals surface area contributed by atoms with E-state index in [0.717, 1.165) is 17.1 Å². The van der Waals surface area contributed by atoms with Crippen LogP contribution in [-0.4, -0.2) is 16.8 Å². The Morgan fingerprint density at radius 1 is 1.33 bits per heavy atom. The molecular formula is C7H11NS. The number of fused-ring (bicyclic) bond motifs is 1. The molecule has 2 bridgehead atoms. The fourth-order valence-electron chi connectivity index (χ4n) is 1.90. The van der Waals surface area contributed by atoms with Crippen molar-refractivity contribution in [3.8, 4) is 0 Å². The monoisotopic (exact) mass is 141 g/mol. The summed E-state index contributed by atoms with van der Waals surface area (Å²) in [5.74, 6) is 1.69. The summed E-state index contributed by atoms with van der Waals surface area (Å²) in [6.45, 7) is 4.61. The third kappa shape index (κ3) is 0.599. The van der Waals surface area contributed by atoms with E-state index in [1.807, 2.05) is 17.3 Å². The van der Waals surface area contributed by atoms with Gasteiger partial charge in [-0.2, -0.15) is 0 Å². The lowest BCUT2D eigenvalue weighted by Gasteiger charge is -2.48.